The standard InChI is InChI=1S/C9H7Cl2N5/c10-5-3-1-2-4(6(5)11)7-8(12)14-9(13)16-15-7/h1-3H,(H4,12,13,14,16)/i8+1. The molecule has 1 aromatic heterocycles. The number of nitrogen functional groups attached to an aromatic ring is 2. The highest BCUT2D eigenvalue weighted by Crippen LogP contribution is 2.33. The fraction of sp³-hybridized carbons (Fsp3) is 0. The lowest BCUT2D eigenvalue weighted by atomic mass is 10.2. The molecule has 2 rings (SSSR count). The number of hydrogen-bond acceptors (Lipinski definition) is 5. The van der Waals surface area contributed by atoms with Gasteiger partial charge in [-0.05, 0) is 6.07 Å². The van der Waals surface area contributed by atoms with Gasteiger partial charge in [-0.2, -0.15) is 4.98 Å². The van der Waals surface area contributed by atoms with Crippen molar-refractivity contribution >= 4 is 35.0 Å². The summed E-state index contributed by atoms with van der Waals surface area (Å²) in [6.07, 6.45) is 0. The van der Waals surface area contributed by atoms with Crippen molar-refractivity contribution in [2.24, 2.45) is 0 Å². The lowest BCUT2D eigenvalue weighted by Gasteiger charge is -2.06. The average Bonchev–Trinajstić information content (AvgIpc) is 2.23. The Morgan fingerprint density at radius 2 is 1.81 bits per heavy atom. The molecule has 0 spiro atoms. The van der Waals surface area contributed by atoms with Gasteiger partial charge in [0.25, 0.3) is 0 Å². The molecule has 2 aromatic rings. The van der Waals surface area contributed by atoms with Crippen LogP contribution in [-0.2, 0) is 0 Å². The Morgan fingerprint density at radius 3 is 2.50 bits per heavy atom. The number of hydrogen-bond donors (Lipinski definition) is 2. The number of anilines is 2. The number of nitrogens with two attached hydrogens (primary N) is 2. The number of halogens is 2. The first-order chi connectivity index (χ1) is 7.59. The summed E-state index contributed by atoms with van der Waals surface area (Å²) >= 11 is 11.9. The van der Waals surface area contributed by atoms with Gasteiger partial charge in [0.05, 0.1) is 10.0 Å². The minimum Gasteiger partial charge on any atom is -0.382 e. The predicted octanol–water partition coefficient (Wildman–Crippen LogP) is 2.01. The van der Waals surface area contributed by atoms with Crippen LogP contribution in [0.5, 0.6) is 0 Å². The van der Waals surface area contributed by atoms with E-state index in [-0.39, 0.29) is 11.8 Å². The van der Waals surface area contributed by atoms with Crippen LogP contribution in [0.4, 0.5) is 11.8 Å². The van der Waals surface area contributed by atoms with Crippen LogP contribution in [0.1, 0.15) is 0 Å². The van der Waals surface area contributed by atoms with Crippen LogP contribution in [0.15, 0.2) is 18.2 Å². The molecule has 1 heterocycles. The molecular formula is C9H7Cl2N5. The monoisotopic (exact) mass is 256 g/mol. The Morgan fingerprint density at radius 1 is 1.06 bits per heavy atom. The van der Waals surface area contributed by atoms with Crippen LogP contribution in [0.2, 0.25) is 10.0 Å². The molecule has 16 heavy (non-hydrogen) atoms. The Bertz CT molecular complexity index is 543. The van der Waals surface area contributed by atoms with Gasteiger partial charge in [0.2, 0.25) is 5.95 Å². The SMILES string of the molecule is Nc1nnc(-c2cccc(Cl)c2Cl)[13c](N)n1. The summed E-state index contributed by atoms with van der Waals surface area (Å²) in [5.74, 6) is 0.177. The van der Waals surface area contributed by atoms with Gasteiger partial charge in [0.15, 0.2) is 5.82 Å². The van der Waals surface area contributed by atoms with E-state index in [4.69, 9.17) is 34.7 Å². The lowest BCUT2D eigenvalue weighted by molar-refractivity contribution is 1.000. The van der Waals surface area contributed by atoms with E-state index in [1.54, 1.807) is 18.2 Å². The summed E-state index contributed by atoms with van der Waals surface area (Å²) in [4.78, 5) is 3.80. The number of aromatic nitrogens is 3. The summed E-state index contributed by atoms with van der Waals surface area (Å²) in [5, 5.41) is 8.24. The van der Waals surface area contributed by atoms with E-state index in [0.29, 0.717) is 21.3 Å². The molecule has 0 saturated heterocycles. The Kier molecular flexibility index (Phi) is 2.80. The molecule has 82 valence electrons. The summed E-state index contributed by atoms with van der Waals surface area (Å²) in [6.45, 7) is 0. The first-order valence-electron chi connectivity index (χ1n) is 4.29. The highest BCUT2D eigenvalue weighted by molar-refractivity contribution is 6.43. The van der Waals surface area contributed by atoms with E-state index in [9.17, 15) is 0 Å². The molecule has 0 aliphatic rings. The minimum atomic E-state index is 0.0133. The zero-order chi connectivity index (χ0) is 11.7. The lowest BCUT2D eigenvalue weighted by Crippen LogP contribution is -2.04. The van der Waals surface area contributed by atoms with Crippen molar-refractivity contribution < 1.29 is 0 Å². The second kappa shape index (κ2) is 4.11. The van der Waals surface area contributed by atoms with Crippen LogP contribution in [-0.4, -0.2) is 15.2 Å². The van der Waals surface area contributed by atoms with Crippen LogP contribution >= 0.6 is 23.2 Å². The quantitative estimate of drug-likeness (QED) is 0.815. The van der Waals surface area contributed by atoms with Crippen LogP contribution in [0.3, 0.4) is 0 Å². The second-order valence-electron chi connectivity index (χ2n) is 3.01. The smallest absolute Gasteiger partial charge is 0.242 e. The van der Waals surface area contributed by atoms with Gasteiger partial charge < -0.3 is 11.5 Å². The van der Waals surface area contributed by atoms with Crippen LogP contribution < -0.4 is 11.5 Å². The normalized spacial score (nSPS) is 10.4. The van der Waals surface area contributed by atoms with E-state index in [0.717, 1.165) is 0 Å². The maximum atomic E-state index is 6.03. The number of benzene rings is 1. The molecule has 0 amide bonds. The molecule has 7 heteroatoms. The summed E-state index contributed by atoms with van der Waals surface area (Å²) in [6, 6.07) is 5.13. The first-order valence-corrected chi connectivity index (χ1v) is 5.05. The zero-order valence-electron chi connectivity index (χ0n) is 7.98. The largest absolute Gasteiger partial charge is 0.382 e. The summed E-state index contributed by atoms with van der Waals surface area (Å²) < 4.78 is 0. The van der Waals surface area contributed by atoms with Crippen molar-refractivity contribution in [1.29, 1.82) is 0 Å². The third-order valence-corrected chi connectivity index (χ3v) is 2.76. The maximum absolute atomic E-state index is 6.03. The van der Waals surface area contributed by atoms with Crippen molar-refractivity contribution in [3.05, 3.63) is 28.2 Å². The molecular weight excluding hydrogens is 250 g/mol. The van der Waals surface area contributed by atoms with Crippen molar-refractivity contribution in [1.82, 2.24) is 15.2 Å². The topological polar surface area (TPSA) is 90.7 Å². The fourth-order valence-corrected chi connectivity index (χ4v) is 1.62. The molecule has 5 nitrogen and oxygen atoms in total. The van der Waals surface area contributed by atoms with E-state index in [1.165, 1.54) is 0 Å². The highest BCUT2D eigenvalue weighted by atomic mass is 35.5. The Balaban J connectivity index is 2.63. The van der Waals surface area contributed by atoms with Gasteiger partial charge in [0, 0.05) is 5.56 Å². The van der Waals surface area contributed by atoms with Gasteiger partial charge in [-0.25, -0.2) is 0 Å². The summed E-state index contributed by atoms with van der Waals surface area (Å²) in [7, 11) is 0. The molecule has 0 saturated carbocycles. The van der Waals surface area contributed by atoms with E-state index in [1.807, 2.05) is 0 Å². The molecule has 0 bridgehead atoms. The minimum absolute atomic E-state index is 0.0133. The molecule has 0 unspecified atom stereocenters. The molecule has 0 radical (unpaired) electrons. The first kappa shape index (κ1) is 10.9. The Hall–Kier alpha value is -1.59. The summed E-state index contributed by atoms with van der Waals surface area (Å²) in [5.41, 5.74) is 12.0. The van der Waals surface area contributed by atoms with E-state index >= 15 is 0 Å². The van der Waals surface area contributed by atoms with E-state index < -0.39 is 0 Å². The van der Waals surface area contributed by atoms with Crippen molar-refractivity contribution in [3.63, 3.8) is 0 Å². The van der Waals surface area contributed by atoms with Crippen LogP contribution in [0.25, 0.3) is 11.3 Å². The third-order valence-electron chi connectivity index (χ3n) is 1.94. The van der Waals surface area contributed by atoms with Gasteiger partial charge in [-0.3, -0.25) is 0 Å². The molecule has 4 N–H and O–H groups in total. The molecule has 0 atom stereocenters. The molecule has 1 aromatic carbocycles. The van der Waals surface area contributed by atoms with Crippen molar-refractivity contribution in [2.75, 3.05) is 11.5 Å². The van der Waals surface area contributed by atoms with Gasteiger partial charge in [0.1, 0.15) is 5.69 Å². The van der Waals surface area contributed by atoms with Gasteiger partial charge >= 0.3 is 0 Å². The third kappa shape index (κ3) is 1.87. The predicted molar refractivity (Wildman–Crippen MR) is 64.1 cm³/mol. The van der Waals surface area contributed by atoms with Gasteiger partial charge in [-0.15, -0.1) is 10.2 Å². The van der Waals surface area contributed by atoms with Crippen molar-refractivity contribution in [2.45, 2.75) is 0 Å². The number of rotatable bonds is 1. The average molecular weight is 257 g/mol. The molecule has 0 aliphatic heterocycles. The molecule has 0 aliphatic carbocycles. The Labute approximate surface area is 101 Å². The van der Waals surface area contributed by atoms with Gasteiger partial charge in [-0.1, -0.05) is 35.3 Å². The highest BCUT2D eigenvalue weighted by Gasteiger charge is 2.12. The fourth-order valence-electron chi connectivity index (χ4n) is 1.23. The zero-order valence-corrected chi connectivity index (χ0v) is 9.50. The maximum Gasteiger partial charge on any atom is 0.242 e. The molecule has 0 fully saturated rings. The van der Waals surface area contributed by atoms with Crippen LogP contribution in [0, 0.1) is 0 Å². The van der Waals surface area contributed by atoms with Crippen molar-refractivity contribution in [3.8, 4) is 11.3 Å². The second-order valence-corrected chi connectivity index (χ2v) is 3.79. The van der Waals surface area contributed by atoms with E-state index in [2.05, 4.69) is 15.2 Å². The number of nitrogens with zero attached hydrogens (tertiary/aromatic N) is 3.